The molecule has 0 aliphatic carbocycles. The van der Waals surface area contributed by atoms with Crippen LogP contribution in [0.25, 0.3) is 0 Å². The third kappa shape index (κ3) is 6.79. The van der Waals surface area contributed by atoms with E-state index in [2.05, 4.69) is 16.7 Å². The molecule has 4 N–H and O–H groups in total. The summed E-state index contributed by atoms with van der Waals surface area (Å²) in [5.74, 6) is 1.43. The maximum absolute atomic E-state index is 11.3. The first-order valence-corrected chi connectivity index (χ1v) is 11.0. The fourth-order valence-corrected chi connectivity index (χ4v) is 3.68. The number of carbonyl (C=O) groups is 1. The summed E-state index contributed by atoms with van der Waals surface area (Å²) in [6.45, 7) is 5.08. The molecular formula is C23H30ClN5O2. The van der Waals surface area contributed by atoms with Crippen molar-refractivity contribution in [3.8, 4) is 5.75 Å². The average Bonchev–Trinajstić information content (AvgIpc) is 2.78. The van der Waals surface area contributed by atoms with Crippen LogP contribution in [-0.4, -0.2) is 42.6 Å². The number of nitrogens with zero attached hydrogens (tertiary/aromatic N) is 2. The van der Waals surface area contributed by atoms with Crippen molar-refractivity contribution in [2.45, 2.75) is 39.0 Å². The average molecular weight is 444 g/mol. The van der Waals surface area contributed by atoms with Crippen molar-refractivity contribution in [1.29, 1.82) is 0 Å². The highest BCUT2D eigenvalue weighted by Crippen LogP contribution is 2.24. The van der Waals surface area contributed by atoms with Crippen LogP contribution in [0.15, 0.2) is 53.5 Å². The summed E-state index contributed by atoms with van der Waals surface area (Å²) in [7, 11) is 0. The Kier molecular flexibility index (Phi) is 8.41. The van der Waals surface area contributed by atoms with Crippen LogP contribution < -0.4 is 21.1 Å². The molecule has 2 aromatic rings. The molecule has 0 unspecified atom stereocenters. The number of guanidine groups is 1. The third-order valence-corrected chi connectivity index (χ3v) is 5.55. The Morgan fingerprint density at radius 1 is 1.16 bits per heavy atom. The van der Waals surface area contributed by atoms with Gasteiger partial charge in [-0.25, -0.2) is 9.79 Å². The number of amides is 2. The highest BCUT2D eigenvalue weighted by Gasteiger charge is 2.21. The molecule has 0 saturated carbocycles. The van der Waals surface area contributed by atoms with Gasteiger partial charge in [-0.05, 0) is 43.0 Å². The largest absolute Gasteiger partial charge is 0.487 e. The quantitative estimate of drug-likeness (QED) is 0.451. The molecule has 1 aliphatic rings. The molecule has 0 atom stereocenters. The van der Waals surface area contributed by atoms with Crippen LogP contribution in [0.5, 0.6) is 5.75 Å². The Hall–Kier alpha value is -2.93. The number of likely N-dealkylation sites (tertiary alicyclic amines) is 1. The van der Waals surface area contributed by atoms with Crippen LogP contribution in [0, 0.1) is 0 Å². The van der Waals surface area contributed by atoms with E-state index in [1.54, 1.807) is 4.90 Å². The van der Waals surface area contributed by atoms with Crippen LogP contribution in [0.4, 0.5) is 4.79 Å². The number of nitrogens with one attached hydrogen (secondary N) is 2. The summed E-state index contributed by atoms with van der Waals surface area (Å²) in [4.78, 5) is 17.8. The van der Waals surface area contributed by atoms with Gasteiger partial charge in [0.15, 0.2) is 5.96 Å². The topological polar surface area (TPSA) is 92.0 Å². The first kappa shape index (κ1) is 22.7. The number of piperidine rings is 1. The van der Waals surface area contributed by atoms with E-state index in [0.717, 1.165) is 36.5 Å². The molecule has 31 heavy (non-hydrogen) atoms. The van der Waals surface area contributed by atoms with Gasteiger partial charge in [0.1, 0.15) is 12.4 Å². The highest BCUT2D eigenvalue weighted by atomic mass is 35.5. The van der Waals surface area contributed by atoms with Gasteiger partial charge in [0.05, 0.1) is 11.6 Å². The molecule has 2 amide bonds. The summed E-state index contributed by atoms with van der Waals surface area (Å²) >= 11 is 6.19. The number of hydrogen-bond acceptors (Lipinski definition) is 3. The third-order valence-electron chi connectivity index (χ3n) is 5.24. The predicted molar refractivity (Wildman–Crippen MR) is 124 cm³/mol. The number of nitrogens with two attached hydrogens (primary N) is 1. The van der Waals surface area contributed by atoms with Crippen LogP contribution in [0.2, 0.25) is 5.02 Å². The zero-order valence-corrected chi connectivity index (χ0v) is 18.6. The standard InChI is InChI=1S/C23H30ClN5O2/c1-2-26-23(28-19-11-13-29(14-12-19)22(25)30)27-15-17-7-3-4-8-18(17)16-31-21-10-6-5-9-20(21)24/h3-10,19H,2,11-16H2,1H3,(H2,25,30)(H2,26,27,28). The highest BCUT2D eigenvalue weighted by molar-refractivity contribution is 6.32. The number of rotatable bonds is 7. The molecule has 2 aromatic carbocycles. The molecule has 1 fully saturated rings. The maximum atomic E-state index is 11.3. The lowest BCUT2D eigenvalue weighted by molar-refractivity contribution is 0.188. The minimum absolute atomic E-state index is 0.257. The molecular weight excluding hydrogens is 414 g/mol. The van der Waals surface area contributed by atoms with Crippen molar-refractivity contribution in [3.05, 3.63) is 64.7 Å². The zero-order valence-electron chi connectivity index (χ0n) is 17.8. The first-order valence-electron chi connectivity index (χ1n) is 10.6. The predicted octanol–water partition coefficient (Wildman–Crippen LogP) is 3.52. The smallest absolute Gasteiger partial charge is 0.314 e. The number of primary amides is 1. The lowest BCUT2D eigenvalue weighted by Crippen LogP contribution is -2.50. The van der Waals surface area contributed by atoms with Crippen molar-refractivity contribution in [2.24, 2.45) is 10.7 Å². The zero-order chi connectivity index (χ0) is 22.1. The van der Waals surface area contributed by atoms with E-state index >= 15 is 0 Å². The summed E-state index contributed by atoms with van der Waals surface area (Å²) in [6, 6.07) is 15.5. The van der Waals surface area contributed by atoms with Gasteiger partial charge in [-0.2, -0.15) is 0 Å². The Bertz CT molecular complexity index is 897. The van der Waals surface area contributed by atoms with Gasteiger partial charge in [0.25, 0.3) is 0 Å². The number of hydrogen-bond donors (Lipinski definition) is 3. The molecule has 0 bridgehead atoms. The van der Waals surface area contributed by atoms with Gasteiger partial charge >= 0.3 is 6.03 Å². The number of aliphatic imine (C=N–C) groups is 1. The SMILES string of the molecule is CCNC(=NCc1ccccc1COc1ccccc1Cl)NC1CCN(C(N)=O)CC1. The fraction of sp³-hybridized carbons (Fsp3) is 0.391. The second-order valence-corrected chi connectivity index (χ2v) is 7.83. The van der Waals surface area contributed by atoms with E-state index in [4.69, 9.17) is 27.1 Å². The number of benzene rings is 2. The minimum Gasteiger partial charge on any atom is -0.487 e. The van der Waals surface area contributed by atoms with E-state index in [9.17, 15) is 4.79 Å². The van der Waals surface area contributed by atoms with E-state index < -0.39 is 0 Å². The maximum Gasteiger partial charge on any atom is 0.314 e. The number of ether oxygens (including phenoxy) is 1. The van der Waals surface area contributed by atoms with Crippen molar-refractivity contribution >= 4 is 23.6 Å². The number of halogens is 1. The van der Waals surface area contributed by atoms with Gasteiger partial charge in [0.2, 0.25) is 0 Å². The monoisotopic (exact) mass is 443 g/mol. The van der Waals surface area contributed by atoms with Crippen LogP contribution >= 0.6 is 11.6 Å². The Morgan fingerprint density at radius 3 is 2.52 bits per heavy atom. The summed E-state index contributed by atoms with van der Waals surface area (Å²) < 4.78 is 5.91. The lowest BCUT2D eigenvalue weighted by Gasteiger charge is -2.32. The van der Waals surface area contributed by atoms with Crippen molar-refractivity contribution < 1.29 is 9.53 Å². The molecule has 3 rings (SSSR count). The van der Waals surface area contributed by atoms with Gasteiger partial charge < -0.3 is 26.0 Å². The summed E-state index contributed by atoms with van der Waals surface area (Å²) in [5.41, 5.74) is 7.53. The van der Waals surface area contributed by atoms with Gasteiger partial charge in [-0.1, -0.05) is 48.0 Å². The fourth-order valence-electron chi connectivity index (χ4n) is 3.49. The molecule has 1 aliphatic heterocycles. The molecule has 1 heterocycles. The van der Waals surface area contributed by atoms with Gasteiger partial charge in [-0.3, -0.25) is 0 Å². The summed E-state index contributed by atoms with van der Waals surface area (Å²) in [5, 5.41) is 7.38. The number of para-hydroxylation sites is 1. The number of carbonyl (C=O) groups excluding carboxylic acids is 1. The van der Waals surface area contributed by atoms with Crippen molar-refractivity contribution in [2.75, 3.05) is 19.6 Å². The van der Waals surface area contributed by atoms with Crippen molar-refractivity contribution in [1.82, 2.24) is 15.5 Å². The normalized spacial score (nSPS) is 14.9. The Labute approximate surface area is 188 Å². The first-order chi connectivity index (χ1) is 15.1. The molecule has 7 nitrogen and oxygen atoms in total. The second-order valence-electron chi connectivity index (χ2n) is 7.43. The molecule has 0 spiro atoms. The van der Waals surface area contributed by atoms with Crippen LogP contribution in [-0.2, 0) is 13.2 Å². The summed E-state index contributed by atoms with van der Waals surface area (Å²) in [6.07, 6.45) is 1.69. The number of urea groups is 1. The molecule has 166 valence electrons. The molecule has 0 aromatic heterocycles. The van der Waals surface area contributed by atoms with Gasteiger partial charge in [-0.15, -0.1) is 0 Å². The van der Waals surface area contributed by atoms with Crippen LogP contribution in [0.1, 0.15) is 30.9 Å². The Morgan fingerprint density at radius 2 is 1.84 bits per heavy atom. The van der Waals surface area contributed by atoms with Crippen molar-refractivity contribution in [3.63, 3.8) is 0 Å². The molecule has 0 radical (unpaired) electrons. The van der Waals surface area contributed by atoms with E-state index in [-0.39, 0.29) is 12.1 Å². The van der Waals surface area contributed by atoms with Gasteiger partial charge in [0, 0.05) is 25.7 Å². The van der Waals surface area contributed by atoms with Crippen LogP contribution in [0.3, 0.4) is 0 Å². The molecule has 1 saturated heterocycles. The Balaban J connectivity index is 1.62. The lowest BCUT2D eigenvalue weighted by atomic mass is 10.1. The van der Waals surface area contributed by atoms with E-state index in [1.807, 2.05) is 49.4 Å². The second kappa shape index (κ2) is 11.5. The molecule has 8 heteroatoms. The van der Waals surface area contributed by atoms with E-state index in [1.165, 1.54) is 0 Å². The minimum atomic E-state index is -0.352. The van der Waals surface area contributed by atoms with E-state index in [0.29, 0.717) is 37.0 Å².